The summed E-state index contributed by atoms with van der Waals surface area (Å²) in [6.07, 6.45) is 3.84. The van der Waals surface area contributed by atoms with Gasteiger partial charge in [-0.3, -0.25) is 0 Å². The Kier molecular flexibility index (Phi) is 6.71. The number of rotatable bonds is 9. The summed E-state index contributed by atoms with van der Waals surface area (Å²) in [5.74, 6) is 0.825. The van der Waals surface area contributed by atoms with Crippen molar-refractivity contribution in [3.8, 4) is 5.75 Å². The average molecular weight is 433 g/mol. The zero-order valence-electron chi connectivity index (χ0n) is 17.3. The largest absolute Gasteiger partial charge is 0.482 e. The second-order valence-corrected chi connectivity index (χ2v) is 7.09. The Bertz CT molecular complexity index is 1070. The van der Waals surface area contributed by atoms with Crippen molar-refractivity contribution in [3.05, 3.63) is 60.2 Å². The molecule has 2 aromatic carbocycles. The lowest BCUT2D eigenvalue weighted by molar-refractivity contribution is -0.139. The second kappa shape index (κ2) is 10.2. The van der Waals surface area contributed by atoms with Crippen LogP contribution in [0.1, 0.15) is 18.4 Å². The molecule has 0 spiro atoms. The second-order valence-electron chi connectivity index (χ2n) is 7.09. The number of hydrogen-bond donors (Lipinski definition) is 3. The van der Waals surface area contributed by atoms with Crippen LogP contribution < -0.4 is 20.4 Å². The van der Waals surface area contributed by atoms with Gasteiger partial charge in [0.15, 0.2) is 6.61 Å². The van der Waals surface area contributed by atoms with Gasteiger partial charge in [0.1, 0.15) is 5.75 Å². The number of carboxylic acid groups (broad SMARTS) is 1. The van der Waals surface area contributed by atoms with E-state index in [2.05, 4.69) is 35.7 Å². The molecule has 1 saturated heterocycles. The third-order valence-corrected chi connectivity index (χ3v) is 4.66. The SMILES string of the molecule is O=C(O)COc1ccc(/C=N\Nc2nc(Nc3ccccc3)nc(N3CCCC3)n2)cc1. The molecule has 4 rings (SSSR count). The van der Waals surface area contributed by atoms with Gasteiger partial charge in [0.25, 0.3) is 0 Å². The van der Waals surface area contributed by atoms with Crippen molar-refractivity contribution in [2.45, 2.75) is 12.8 Å². The molecule has 1 aliphatic rings. The molecule has 164 valence electrons. The number of aliphatic carboxylic acids is 1. The predicted octanol–water partition coefficient (Wildman–Crippen LogP) is 3.12. The number of hydrogen-bond acceptors (Lipinski definition) is 9. The Balaban J connectivity index is 1.46. The summed E-state index contributed by atoms with van der Waals surface area (Å²) >= 11 is 0. The van der Waals surface area contributed by atoms with Crippen molar-refractivity contribution in [1.29, 1.82) is 0 Å². The van der Waals surface area contributed by atoms with Gasteiger partial charge < -0.3 is 20.1 Å². The molecule has 1 aliphatic heterocycles. The van der Waals surface area contributed by atoms with Gasteiger partial charge in [0, 0.05) is 18.8 Å². The Labute approximate surface area is 185 Å². The first-order chi connectivity index (χ1) is 15.7. The lowest BCUT2D eigenvalue weighted by atomic mass is 10.2. The van der Waals surface area contributed by atoms with Crippen LogP contribution in [0, 0.1) is 0 Å². The highest BCUT2D eigenvalue weighted by Crippen LogP contribution is 2.20. The topological polar surface area (TPSA) is 125 Å². The number of anilines is 4. The van der Waals surface area contributed by atoms with E-state index >= 15 is 0 Å². The number of carbonyl (C=O) groups is 1. The fourth-order valence-corrected chi connectivity index (χ4v) is 3.14. The predicted molar refractivity (Wildman–Crippen MR) is 122 cm³/mol. The highest BCUT2D eigenvalue weighted by atomic mass is 16.5. The smallest absolute Gasteiger partial charge is 0.341 e. The normalized spacial score (nSPS) is 13.3. The Hall–Kier alpha value is -4.21. The van der Waals surface area contributed by atoms with Gasteiger partial charge in [-0.1, -0.05) is 18.2 Å². The molecule has 1 fully saturated rings. The first-order valence-corrected chi connectivity index (χ1v) is 10.2. The molecule has 32 heavy (non-hydrogen) atoms. The van der Waals surface area contributed by atoms with Gasteiger partial charge in [-0.25, -0.2) is 10.2 Å². The number of carboxylic acids is 1. The van der Waals surface area contributed by atoms with Crippen LogP contribution in [0.5, 0.6) is 5.75 Å². The number of hydrazone groups is 1. The van der Waals surface area contributed by atoms with Crippen LogP contribution in [0.2, 0.25) is 0 Å². The molecule has 0 unspecified atom stereocenters. The number of benzene rings is 2. The summed E-state index contributed by atoms with van der Waals surface area (Å²) in [7, 11) is 0. The number of ether oxygens (including phenoxy) is 1. The molecule has 0 saturated carbocycles. The van der Waals surface area contributed by atoms with Crippen molar-refractivity contribution in [2.75, 3.05) is 35.3 Å². The van der Waals surface area contributed by atoms with Gasteiger partial charge in [-0.15, -0.1) is 0 Å². The monoisotopic (exact) mass is 433 g/mol. The van der Waals surface area contributed by atoms with Gasteiger partial charge in [0.2, 0.25) is 17.8 Å². The standard InChI is InChI=1S/C22H23N7O3/c30-19(31)15-32-18-10-8-16(9-11-18)14-23-28-21-25-20(24-17-6-2-1-3-7-17)26-22(27-21)29-12-4-5-13-29/h1-3,6-11,14H,4-5,12-13,15H2,(H,30,31)(H2,24,25,26,27,28)/b23-14-. The average Bonchev–Trinajstić information content (AvgIpc) is 3.34. The van der Waals surface area contributed by atoms with Crippen LogP contribution in [-0.2, 0) is 4.79 Å². The molecule has 10 heteroatoms. The van der Waals surface area contributed by atoms with Crippen LogP contribution in [0.25, 0.3) is 0 Å². The van der Waals surface area contributed by atoms with Crippen molar-refractivity contribution in [1.82, 2.24) is 15.0 Å². The van der Waals surface area contributed by atoms with Crippen molar-refractivity contribution in [3.63, 3.8) is 0 Å². The molecule has 0 radical (unpaired) electrons. The van der Waals surface area contributed by atoms with Crippen molar-refractivity contribution >= 4 is 35.7 Å². The van der Waals surface area contributed by atoms with Crippen LogP contribution >= 0.6 is 0 Å². The maximum absolute atomic E-state index is 10.6. The summed E-state index contributed by atoms with van der Waals surface area (Å²) in [5.41, 5.74) is 4.55. The maximum Gasteiger partial charge on any atom is 0.341 e. The summed E-state index contributed by atoms with van der Waals surface area (Å²) in [6.45, 7) is 1.44. The minimum absolute atomic E-state index is 0.331. The molecule has 0 amide bonds. The number of nitrogens with zero attached hydrogens (tertiary/aromatic N) is 5. The Morgan fingerprint density at radius 1 is 1.03 bits per heavy atom. The van der Waals surface area contributed by atoms with Crippen LogP contribution in [0.15, 0.2) is 59.7 Å². The molecule has 0 atom stereocenters. The van der Waals surface area contributed by atoms with E-state index in [0.717, 1.165) is 37.2 Å². The van der Waals surface area contributed by atoms with Gasteiger partial charge in [-0.05, 0) is 54.8 Å². The minimum atomic E-state index is -1.02. The first kappa shape index (κ1) is 21.0. The van der Waals surface area contributed by atoms with E-state index in [9.17, 15) is 4.79 Å². The molecule has 10 nitrogen and oxygen atoms in total. The fraction of sp³-hybridized carbons (Fsp3) is 0.227. The highest BCUT2D eigenvalue weighted by Gasteiger charge is 2.17. The molecule has 3 aromatic rings. The van der Waals surface area contributed by atoms with E-state index in [1.807, 2.05) is 30.3 Å². The molecular weight excluding hydrogens is 410 g/mol. The zero-order chi connectivity index (χ0) is 22.2. The summed E-state index contributed by atoms with van der Waals surface area (Å²) < 4.78 is 5.12. The van der Waals surface area contributed by atoms with Crippen molar-refractivity contribution < 1.29 is 14.6 Å². The third kappa shape index (κ3) is 5.91. The van der Waals surface area contributed by atoms with Crippen LogP contribution in [-0.4, -0.2) is 51.9 Å². The van der Waals surface area contributed by atoms with Crippen molar-refractivity contribution in [2.24, 2.45) is 5.10 Å². The molecule has 2 heterocycles. The van der Waals surface area contributed by atoms with E-state index in [0.29, 0.717) is 23.6 Å². The first-order valence-electron chi connectivity index (χ1n) is 10.2. The Morgan fingerprint density at radius 2 is 1.75 bits per heavy atom. The maximum atomic E-state index is 10.6. The van der Waals surface area contributed by atoms with E-state index in [-0.39, 0.29) is 6.61 Å². The van der Waals surface area contributed by atoms with Crippen LogP contribution in [0.3, 0.4) is 0 Å². The van der Waals surface area contributed by atoms with E-state index in [1.54, 1.807) is 30.5 Å². The summed E-state index contributed by atoms with van der Waals surface area (Å²) in [5, 5.41) is 16.1. The van der Waals surface area contributed by atoms with Gasteiger partial charge in [0.05, 0.1) is 6.21 Å². The highest BCUT2D eigenvalue weighted by molar-refractivity contribution is 5.80. The fourth-order valence-electron chi connectivity index (χ4n) is 3.14. The van der Waals surface area contributed by atoms with Gasteiger partial charge in [-0.2, -0.15) is 20.1 Å². The minimum Gasteiger partial charge on any atom is -0.482 e. The molecule has 3 N–H and O–H groups in total. The van der Waals surface area contributed by atoms with E-state index in [4.69, 9.17) is 9.84 Å². The summed E-state index contributed by atoms with van der Waals surface area (Å²) in [4.78, 5) is 26.2. The number of aromatic nitrogens is 3. The Morgan fingerprint density at radius 3 is 2.47 bits per heavy atom. The number of para-hydroxylation sites is 1. The molecule has 0 aliphatic carbocycles. The molecular formula is C22H23N7O3. The quantitative estimate of drug-likeness (QED) is 0.345. The lowest BCUT2D eigenvalue weighted by Gasteiger charge is -2.16. The lowest BCUT2D eigenvalue weighted by Crippen LogP contribution is -2.21. The molecule has 1 aromatic heterocycles. The zero-order valence-corrected chi connectivity index (χ0v) is 17.3. The molecule has 0 bridgehead atoms. The van der Waals surface area contributed by atoms with Crippen LogP contribution in [0.4, 0.5) is 23.5 Å². The van der Waals surface area contributed by atoms with E-state index in [1.165, 1.54) is 0 Å². The third-order valence-electron chi connectivity index (χ3n) is 4.66. The summed E-state index contributed by atoms with van der Waals surface area (Å²) in [6, 6.07) is 16.6. The number of nitrogens with one attached hydrogen (secondary N) is 2. The van der Waals surface area contributed by atoms with Gasteiger partial charge >= 0.3 is 5.97 Å². The van der Waals surface area contributed by atoms with E-state index < -0.39 is 5.97 Å².